The zero-order chi connectivity index (χ0) is 18.6. The molecule has 4 nitrogen and oxygen atoms in total. The van der Waals surface area contributed by atoms with Gasteiger partial charge < -0.3 is 14.2 Å². The minimum Gasteiger partial charge on any atom is -0.497 e. The van der Waals surface area contributed by atoms with Crippen molar-refractivity contribution in [3.05, 3.63) is 89.5 Å². The van der Waals surface area contributed by atoms with Crippen LogP contribution in [-0.4, -0.2) is 13.1 Å². The van der Waals surface area contributed by atoms with E-state index in [1.807, 2.05) is 66.7 Å². The fourth-order valence-corrected chi connectivity index (χ4v) is 3.32. The number of carbonyl (C=O) groups is 1. The van der Waals surface area contributed by atoms with Crippen LogP contribution in [0, 0.1) is 0 Å². The fourth-order valence-electron chi connectivity index (χ4n) is 3.32. The summed E-state index contributed by atoms with van der Waals surface area (Å²) < 4.78 is 16.6. The van der Waals surface area contributed by atoms with Crippen molar-refractivity contribution in [3.8, 4) is 17.2 Å². The molecule has 0 fully saturated rings. The number of benzene rings is 3. The molecule has 0 unspecified atom stereocenters. The van der Waals surface area contributed by atoms with Crippen LogP contribution in [0.3, 0.4) is 0 Å². The summed E-state index contributed by atoms with van der Waals surface area (Å²) in [6, 6.07) is 23.6. The van der Waals surface area contributed by atoms with Gasteiger partial charge in [-0.25, -0.2) is 0 Å². The Hall–Kier alpha value is -3.27. The number of esters is 1. The Kier molecular flexibility index (Phi) is 4.79. The largest absolute Gasteiger partial charge is 0.497 e. The molecular formula is C23H20O4. The summed E-state index contributed by atoms with van der Waals surface area (Å²) >= 11 is 0. The lowest BCUT2D eigenvalue weighted by Crippen LogP contribution is -2.21. The van der Waals surface area contributed by atoms with Crippen molar-refractivity contribution < 1.29 is 19.0 Å². The highest BCUT2D eigenvalue weighted by atomic mass is 16.5. The number of hydrogen-bond acceptors (Lipinski definition) is 4. The van der Waals surface area contributed by atoms with Crippen molar-refractivity contribution in [2.24, 2.45) is 0 Å². The molecule has 4 rings (SSSR count). The predicted molar refractivity (Wildman–Crippen MR) is 102 cm³/mol. The molecule has 0 N–H and O–H groups in total. The van der Waals surface area contributed by atoms with E-state index in [4.69, 9.17) is 14.2 Å². The lowest BCUT2D eigenvalue weighted by Gasteiger charge is -2.25. The maximum atomic E-state index is 12.1. The number of methoxy groups -OCH3 is 1. The summed E-state index contributed by atoms with van der Waals surface area (Å²) in [6.45, 7) is 0.505. The van der Waals surface area contributed by atoms with Gasteiger partial charge in [0.25, 0.3) is 0 Å². The molecule has 0 aromatic heterocycles. The molecule has 3 aromatic carbocycles. The molecule has 0 radical (unpaired) electrons. The fraction of sp³-hybridized carbons (Fsp3) is 0.174. The molecule has 0 aliphatic carbocycles. The van der Waals surface area contributed by atoms with Gasteiger partial charge in [-0.2, -0.15) is 0 Å². The van der Waals surface area contributed by atoms with E-state index in [2.05, 4.69) is 0 Å². The van der Waals surface area contributed by atoms with Gasteiger partial charge in [0, 0.05) is 17.5 Å². The normalized spacial score (nSPS) is 15.6. The third kappa shape index (κ3) is 3.80. The van der Waals surface area contributed by atoms with E-state index in [0.717, 1.165) is 22.4 Å². The van der Waals surface area contributed by atoms with Gasteiger partial charge in [-0.15, -0.1) is 0 Å². The first kappa shape index (κ1) is 17.2. The molecule has 3 aromatic rings. The summed E-state index contributed by atoms with van der Waals surface area (Å²) in [5, 5.41) is 0. The van der Waals surface area contributed by atoms with Crippen LogP contribution < -0.4 is 14.2 Å². The van der Waals surface area contributed by atoms with E-state index < -0.39 is 0 Å². The van der Waals surface area contributed by atoms with E-state index in [0.29, 0.717) is 24.5 Å². The van der Waals surface area contributed by atoms with Gasteiger partial charge in [0.05, 0.1) is 13.5 Å². The SMILES string of the molecule is COc1ccc2c(c1)OC(=O)C[C@H]2c1cccc(OCc2ccccc2)c1. The maximum Gasteiger partial charge on any atom is 0.312 e. The molecule has 0 bridgehead atoms. The van der Waals surface area contributed by atoms with Gasteiger partial charge in [-0.1, -0.05) is 48.5 Å². The van der Waals surface area contributed by atoms with Crippen LogP contribution in [0.2, 0.25) is 0 Å². The Morgan fingerprint density at radius 3 is 2.63 bits per heavy atom. The van der Waals surface area contributed by atoms with E-state index in [-0.39, 0.29) is 11.9 Å². The molecule has 136 valence electrons. The molecular weight excluding hydrogens is 340 g/mol. The average Bonchev–Trinajstić information content (AvgIpc) is 2.72. The topological polar surface area (TPSA) is 44.8 Å². The standard InChI is InChI=1S/C23H20O4/c1-25-18-10-11-20-21(14-23(24)27-22(20)13-18)17-8-5-9-19(12-17)26-15-16-6-3-2-4-7-16/h2-13,21H,14-15H2,1H3/t21-/m0/s1. The van der Waals surface area contributed by atoms with Crippen LogP contribution in [0.4, 0.5) is 0 Å². The number of rotatable bonds is 5. The van der Waals surface area contributed by atoms with Gasteiger partial charge in [0.1, 0.15) is 23.9 Å². The molecule has 0 spiro atoms. The van der Waals surface area contributed by atoms with Crippen molar-refractivity contribution in [3.63, 3.8) is 0 Å². The van der Waals surface area contributed by atoms with E-state index in [1.165, 1.54) is 0 Å². The molecule has 4 heteroatoms. The van der Waals surface area contributed by atoms with Crippen LogP contribution in [0.15, 0.2) is 72.8 Å². The van der Waals surface area contributed by atoms with Crippen LogP contribution in [-0.2, 0) is 11.4 Å². The predicted octanol–water partition coefficient (Wildman–Crippen LogP) is 4.72. The van der Waals surface area contributed by atoms with E-state index in [9.17, 15) is 4.79 Å². The molecule has 1 heterocycles. The third-order valence-corrected chi connectivity index (χ3v) is 4.70. The van der Waals surface area contributed by atoms with Gasteiger partial charge in [-0.3, -0.25) is 4.79 Å². The number of carbonyl (C=O) groups excluding carboxylic acids is 1. The Labute approximate surface area is 158 Å². The Morgan fingerprint density at radius 2 is 1.81 bits per heavy atom. The summed E-state index contributed by atoms with van der Waals surface area (Å²) in [4.78, 5) is 12.1. The minimum absolute atomic E-state index is 0.0626. The second-order valence-electron chi connectivity index (χ2n) is 6.48. The zero-order valence-corrected chi connectivity index (χ0v) is 15.1. The summed E-state index contributed by atoms with van der Waals surface area (Å²) in [5.74, 6) is 1.71. The highest BCUT2D eigenvalue weighted by Gasteiger charge is 2.29. The van der Waals surface area contributed by atoms with Crippen molar-refractivity contribution in [1.82, 2.24) is 0 Å². The number of hydrogen-bond donors (Lipinski definition) is 0. The third-order valence-electron chi connectivity index (χ3n) is 4.70. The first-order chi connectivity index (χ1) is 13.2. The summed E-state index contributed by atoms with van der Waals surface area (Å²) in [6.07, 6.45) is 0.307. The highest BCUT2D eigenvalue weighted by molar-refractivity contribution is 5.78. The molecule has 1 aliphatic heterocycles. The summed E-state index contributed by atoms with van der Waals surface area (Å²) in [5.41, 5.74) is 3.13. The molecule has 1 aliphatic rings. The van der Waals surface area contributed by atoms with Crippen LogP contribution in [0.5, 0.6) is 17.2 Å². The number of ether oxygens (including phenoxy) is 3. The lowest BCUT2D eigenvalue weighted by molar-refractivity contribution is -0.135. The van der Waals surface area contributed by atoms with Crippen LogP contribution in [0.25, 0.3) is 0 Å². The van der Waals surface area contributed by atoms with Gasteiger partial charge in [-0.05, 0) is 29.3 Å². The quantitative estimate of drug-likeness (QED) is 0.488. The number of fused-ring (bicyclic) bond motifs is 1. The summed E-state index contributed by atoms with van der Waals surface area (Å²) in [7, 11) is 1.59. The minimum atomic E-state index is -0.239. The van der Waals surface area contributed by atoms with E-state index in [1.54, 1.807) is 13.2 Å². The van der Waals surface area contributed by atoms with Crippen molar-refractivity contribution in [2.75, 3.05) is 7.11 Å². The Bertz CT molecular complexity index is 950. The molecule has 1 atom stereocenters. The van der Waals surface area contributed by atoms with Gasteiger partial charge in [0.2, 0.25) is 0 Å². The van der Waals surface area contributed by atoms with Crippen molar-refractivity contribution in [2.45, 2.75) is 18.9 Å². The Balaban J connectivity index is 1.59. The first-order valence-corrected chi connectivity index (χ1v) is 8.88. The monoisotopic (exact) mass is 360 g/mol. The van der Waals surface area contributed by atoms with Crippen molar-refractivity contribution >= 4 is 5.97 Å². The molecule has 0 amide bonds. The maximum absolute atomic E-state index is 12.1. The van der Waals surface area contributed by atoms with Crippen molar-refractivity contribution in [1.29, 1.82) is 0 Å². The average molecular weight is 360 g/mol. The van der Waals surface area contributed by atoms with E-state index >= 15 is 0 Å². The highest BCUT2D eigenvalue weighted by Crippen LogP contribution is 2.41. The smallest absolute Gasteiger partial charge is 0.312 e. The van der Waals surface area contributed by atoms with Crippen LogP contribution in [0.1, 0.15) is 29.0 Å². The molecule has 27 heavy (non-hydrogen) atoms. The van der Waals surface area contributed by atoms with Gasteiger partial charge >= 0.3 is 5.97 Å². The second-order valence-corrected chi connectivity index (χ2v) is 6.48. The molecule has 0 saturated heterocycles. The zero-order valence-electron chi connectivity index (χ0n) is 15.1. The molecule has 0 saturated carbocycles. The van der Waals surface area contributed by atoms with Gasteiger partial charge in [0.15, 0.2) is 0 Å². The van der Waals surface area contributed by atoms with Crippen LogP contribution >= 0.6 is 0 Å². The second kappa shape index (κ2) is 7.54. The first-order valence-electron chi connectivity index (χ1n) is 8.88. The Morgan fingerprint density at radius 1 is 0.963 bits per heavy atom. The lowest BCUT2D eigenvalue weighted by atomic mass is 9.86.